The van der Waals surface area contributed by atoms with Crippen molar-refractivity contribution >= 4 is 5.69 Å². The maximum Gasteiger partial charge on any atom is 0.0317 e. The molecule has 3 rings (SSSR count). The standard InChI is InChI=1S/C14H21N3/c1-16-6-2-3-14(16)10-17-8-11-4-5-13(15)7-12(11)9-17/h4-5,7,14H,2-3,6,8-10,15H2,1H3. The summed E-state index contributed by atoms with van der Waals surface area (Å²) in [7, 11) is 2.25. The largest absolute Gasteiger partial charge is 0.399 e. The van der Waals surface area contributed by atoms with Crippen LogP contribution in [-0.2, 0) is 13.1 Å². The van der Waals surface area contributed by atoms with Gasteiger partial charge in [-0.1, -0.05) is 6.07 Å². The monoisotopic (exact) mass is 231 g/mol. The van der Waals surface area contributed by atoms with Crippen LogP contribution in [0.25, 0.3) is 0 Å². The Morgan fingerprint density at radius 2 is 2.12 bits per heavy atom. The van der Waals surface area contributed by atoms with Crippen LogP contribution >= 0.6 is 0 Å². The molecule has 1 fully saturated rings. The smallest absolute Gasteiger partial charge is 0.0317 e. The third kappa shape index (κ3) is 2.17. The SMILES string of the molecule is CN1CCCC1CN1Cc2ccc(N)cc2C1. The molecule has 0 aliphatic carbocycles. The summed E-state index contributed by atoms with van der Waals surface area (Å²) in [5, 5.41) is 0. The van der Waals surface area contributed by atoms with Crippen LogP contribution in [0.3, 0.4) is 0 Å². The van der Waals surface area contributed by atoms with Crippen LogP contribution < -0.4 is 5.73 Å². The van der Waals surface area contributed by atoms with Crippen molar-refractivity contribution in [2.75, 3.05) is 25.9 Å². The molecule has 2 aliphatic heterocycles. The Hall–Kier alpha value is -1.06. The average Bonchev–Trinajstić information content (AvgIpc) is 2.85. The van der Waals surface area contributed by atoms with Gasteiger partial charge in [-0.25, -0.2) is 0 Å². The van der Waals surface area contributed by atoms with Crippen LogP contribution in [0.1, 0.15) is 24.0 Å². The summed E-state index contributed by atoms with van der Waals surface area (Å²) in [6, 6.07) is 7.09. The highest BCUT2D eigenvalue weighted by molar-refractivity contribution is 5.46. The van der Waals surface area contributed by atoms with E-state index in [0.29, 0.717) is 0 Å². The fraction of sp³-hybridized carbons (Fsp3) is 0.571. The van der Waals surface area contributed by atoms with Crippen LogP contribution in [0, 0.1) is 0 Å². The Labute approximate surface area is 103 Å². The van der Waals surface area contributed by atoms with Gasteiger partial charge in [-0.15, -0.1) is 0 Å². The van der Waals surface area contributed by atoms with E-state index in [2.05, 4.69) is 29.0 Å². The van der Waals surface area contributed by atoms with Gasteiger partial charge in [0.25, 0.3) is 0 Å². The molecule has 3 nitrogen and oxygen atoms in total. The maximum absolute atomic E-state index is 5.84. The molecule has 0 spiro atoms. The molecule has 2 aliphatic rings. The number of hydrogen-bond acceptors (Lipinski definition) is 3. The number of likely N-dealkylation sites (tertiary alicyclic amines) is 1. The molecule has 17 heavy (non-hydrogen) atoms. The summed E-state index contributed by atoms with van der Waals surface area (Å²) in [4.78, 5) is 5.05. The second-order valence-electron chi connectivity index (χ2n) is 5.47. The summed E-state index contributed by atoms with van der Waals surface area (Å²) in [6.07, 6.45) is 2.71. The number of benzene rings is 1. The van der Waals surface area contributed by atoms with E-state index in [9.17, 15) is 0 Å². The predicted molar refractivity (Wildman–Crippen MR) is 70.6 cm³/mol. The summed E-state index contributed by atoms with van der Waals surface area (Å²) >= 11 is 0. The lowest BCUT2D eigenvalue weighted by Gasteiger charge is -2.25. The normalized spacial score (nSPS) is 25.4. The van der Waals surface area contributed by atoms with Gasteiger partial charge in [0.05, 0.1) is 0 Å². The molecule has 1 unspecified atom stereocenters. The zero-order valence-corrected chi connectivity index (χ0v) is 10.5. The Morgan fingerprint density at radius 3 is 2.88 bits per heavy atom. The molecule has 0 amide bonds. The van der Waals surface area contributed by atoms with Crippen molar-refractivity contribution in [3.8, 4) is 0 Å². The number of nitrogens with zero attached hydrogens (tertiary/aromatic N) is 2. The molecule has 1 atom stereocenters. The van der Waals surface area contributed by atoms with E-state index in [1.807, 2.05) is 6.07 Å². The minimum atomic E-state index is 0.752. The van der Waals surface area contributed by atoms with E-state index >= 15 is 0 Å². The summed E-state index contributed by atoms with van der Waals surface area (Å²) < 4.78 is 0. The number of anilines is 1. The zero-order chi connectivity index (χ0) is 11.8. The van der Waals surface area contributed by atoms with E-state index < -0.39 is 0 Å². The second-order valence-corrected chi connectivity index (χ2v) is 5.47. The highest BCUT2D eigenvalue weighted by Crippen LogP contribution is 2.26. The molecule has 2 heterocycles. The van der Waals surface area contributed by atoms with Crippen LogP contribution in [0.15, 0.2) is 18.2 Å². The first kappa shape index (κ1) is 11.1. The topological polar surface area (TPSA) is 32.5 Å². The first-order chi connectivity index (χ1) is 8.22. The Balaban J connectivity index is 1.66. The molecule has 2 N–H and O–H groups in total. The molecule has 1 aromatic carbocycles. The van der Waals surface area contributed by atoms with Crippen molar-refractivity contribution in [3.05, 3.63) is 29.3 Å². The van der Waals surface area contributed by atoms with Gasteiger partial charge >= 0.3 is 0 Å². The third-order valence-corrected chi connectivity index (χ3v) is 4.16. The first-order valence-corrected chi connectivity index (χ1v) is 6.52. The van der Waals surface area contributed by atoms with Gasteiger partial charge in [-0.3, -0.25) is 4.90 Å². The van der Waals surface area contributed by atoms with Crippen LogP contribution in [0.5, 0.6) is 0 Å². The van der Waals surface area contributed by atoms with Crippen LogP contribution in [0.4, 0.5) is 5.69 Å². The van der Waals surface area contributed by atoms with Crippen molar-refractivity contribution in [2.45, 2.75) is 32.0 Å². The number of likely N-dealkylation sites (N-methyl/N-ethyl adjacent to an activating group) is 1. The van der Waals surface area contributed by atoms with Gasteiger partial charge in [0, 0.05) is 31.4 Å². The lowest BCUT2D eigenvalue weighted by molar-refractivity contribution is 0.194. The van der Waals surface area contributed by atoms with Crippen LogP contribution in [0.2, 0.25) is 0 Å². The van der Waals surface area contributed by atoms with Crippen molar-refractivity contribution in [3.63, 3.8) is 0 Å². The van der Waals surface area contributed by atoms with Crippen molar-refractivity contribution in [2.24, 2.45) is 0 Å². The number of rotatable bonds is 2. The lowest BCUT2D eigenvalue weighted by Crippen LogP contribution is -2.36. The minimum absolute atomic E-state index is 0.752. The quantitative estimate of drug-likeness (QED) is 0.786. The summed E-state index contributed by atoms with van der Waals surface area (Å²) in [5.74, 6) is 0. The van der Waals surface area contributed by atoms with Crippen molar-refractivity contribution in [1.82, 2.24) is 9.80 Å². The van der Waals surface area contributed by atoms with E-state index in [1.165, 1.54) is 37.1 Å². The second kappa shape index (κ2) is 4.31. The van der Waals surface area contributed by atoms with Gasteiger partial charge in [0.2, 0.25) is 0 Å². The van der Waals surface area contributed by atoms with E-state index in [0.717, 1.165) is 24.8 Å². The Bertz CT molecular complexity index is 416. The van der Waals surface area contributed by atoms with Gasteiger partial charge in [-0.05, 0) is 49.7 Å². The summed E-state index contributed by atoms with van der Waals surface area (Å²) in [6.45, 7) is 4.63. The van der Waals surface area contributed by atoms with Crippen molar-refractivity contribution in [1.29, 1.82) is 0 Å². The average molecular weight is 231 g/mol. The zero-order valence-electron chi connectivity index (χ0n) is 10.5. The molecular weight excluding hydrogens is 210 g/mol. The number of nitrogens with two attached hydrogens (primary N) is 1. The number of fused-ring (bicyclic) bond motifs is 1. The fourth-order valence-corrected chi connectivity index (χ4v) is 3.12. The van der Waals surface area contributed by atoms with Gasteiger partial charge in [0.15, 0.2) is 0 Å². The predicted octanol–water partition coefficient (Wildman–Crippen LogP) is 1.68. The highest BCUT2D eigenvalue weighted by Gasteiger charge is 2.26. The highest BCUT2D eigenvalue weighted by atomic mass is 15.2. The van der Waals surface area contributed by atoms with E-state index in [-0.39, 0.29) is 0 Å². The Morgan fingerprint density at radius 1 is 1.29 bits per heavy atom. The molecular formula is C14H21N3. The van der Waals surface area contributed by atoms with E-state index in [1.54, 1.807) is 0 Å². The molecule has 1 aromatic rings. The fourth-order valence-electron chi connectivity index (χ4n) is 3.12. The number of nitrogen functional groups attached to an aromatic ring is 1. The Kier molecular flexibility index (Phi) is 2.81. The number of hydrogen-bond donors (Lipinski definition) is 1. The molecule has 92 valence electrons. The maximum atomic E-state index is 5.84. The molecule has 0 aromatic heterocycles. The molecule has 0 radical (unpaired) electrons. The molecule has 0 bridgehead atoms. The van der Waals surface area contributed by atoms with Crippen LogP contribution in [-0.4, -0.2) is 36.0 Å². The molecule has 0 saturated carbocycles. The van der Waals surface area contributed by atoms with Gasteiger partial charge in [-0.2, -0.15) is 0 Å². The van der Waals surface area contributed by atoms with Gasteiger partial charge < -0.3 is 10.6 Å². The molecule has 1 saturated heterocycles. The molecule has 3 heteroatoms. The van der Waals surface area contributed by atoms with Gasteiger partial charge in [0.1, 0.15) is 0 Å². The summed E-state index contributed by atoms with van der Waals surface area (Å²) in [5.41, 5.74) is 9.61. The minimum Gasteiger partial charge on any atom is -0.399 e. The first-order valence-electron chi connectivity index (χ1n) is 6.52. The van der Waals surface area contributed by atoms with Crippen molar-refractivity contribution < 1.29 is 0 Å². The van der Waals surface area contributed by atoms with E-state index in [4.69, 9.17) is 5.73 Å². The lowest BCUT2D eigenvalue weighted by atomic mass is 10.1. The third-order valence-electron chi connectivity index (χ3n) is 4.16.